The fraction of sp³-hybridized carbons (Fsp3) is 0.625. The molecule has 7 nitrogen and oxygen atoms in total. The number of ether oxygens (including phenoxy) is 1. The van der Waals surface area contributed by atoms with Gasteiger partial charge in [-0.05, 0) is 18.5 Å². The summed E-state index contributed by atoms with van der Waals surface area (Å²) in [6.07, 6.45) is 0. The van der Waals surface area contributed by atoms with Crippen molar-refractivity contribution in [1.29, 1.82) is 0 Å². The van der Waals surface area contributed by atoms with Crippen molar-refractivity contribution in [1.82, 2.24) is 9.59 Å². The molecule has 0 aromatic carbocycles. The molecule has 0 aliphatic rings. The molecule has 0 saturated heterocycles. The monoisotopic (exact) mass is 280 g/mol. The van der Waals surface area contributed by atoms with Crippen molar-refractivity contribution in [2.24, 2.45) is 0 Å². The number of esters is 1. The topological polar surface area (TPSA) is 87.6 Å². The van der Waals surface area contributed by atoms with Gasteiger partial charge in [-0.25, -0.2) is 0 Å². The molecule has 0 bridgehead atoms. The number of hydrogen-bond acceptors (Lipinski definition) is 8. The predicted octanol–water partition coefficient (Wildman–Crippen LogP) is 1.63. The number of hydrogen-bond donors (Lipinski definition) is 0. The molecular formula is C8H13N2O5PS. The Morgan fingerprint density at radius 2 is 2.18 bits per heavy atom. The van der Waals surface area contributed by atoms with Gasteiger partial charge < -0.3 is 13.8 Å². The minimum Gasteiger partial charge on any atom is -0.465 e. The molecule has 9 heteroatoms. The van der Waals surface area contributed by atoms with Gasteiger partial charge in [-0.3, -0.25) is 9.36 Å². The Morgan fingerprint density at radius 1 is 1.53 bits per heavy atom. The van der Waals surface area contributed by atoms with Crippen molar-refractivity contribution in [2.75, 3.05) is 20.8 Å². The zero-order valence-electron chi connectivity index (χ0n) is 9.65. The summed E-state index contributed by atoms with van der Waals surface area (Å²) in [5.74, 6) is -0.702. The van der Waals surface area contributed by atoms with E-state index in [9.17, 15) is 9.36 Å². The third kappa shape index (κ3) is 3.10. The van der Waals surface area contributed by atoms with E-state index in [2.05, 4.69) is 9.59 Å². The van der Waals surface area contributed by atoms with Crippen LogP contribution in [0, 0.1) is 0 Å². The van der Waals surface area contributed by atoms with Crippen molar-refractivity contribution in [2.45, 2.75) is 12.6 Å². The van der Waals surface area contributed by atoms with Crippen LogP contribution in [0.2, 0.25) is 0 Å². The third-order valence-corrected chi connectivity index (χ3v) is 4.64. The lowest BCUT2D eigenvalue weighted by Crippen LogP contribution is -2.18. The highest BCUT2D eigenvalue weighted by Gasteiger charge is 2.44. The van der Waals surface area contributed by atoms with Crippen LogP contribution in [0.4, 0.5) is 0 Å². The summed E-state index contributed by atoms with van der Waals surface area (Å²) < 4.78 is 30.3. The average Bonchev–Trinajstić information content (AvgIpc) is 2.83. The molecule has 1 unspecified atom stereocenters. The summed E-state index contributed by atoms with van der Waals surface area (Å²) in [6.45, 7) is 1.82. The van der Waals surface area contributed by atoms with Crippen molar-refractivity contribution >= 4 is 25.1 Å². The van der Waals surface area contributed by atoms with Gasteiger partial charge in [-0.2, -0.15) is 0 Å². The van der Waals surface area contributed by atoms with Crippen molar-refractivity contribution in [3.63, 3.8) is 0 Å². The van der Waals surface area contributed by atoms with Crippen LogP contribution < -0.4 is 0 Å². The third-order valence-electron chi connectivity index (χ3n) is 1.99. The van der Waals surface area contributed by atoms with Crippen molar-refractivity contribution in [3.8, 4) is 0 Å². The van der Waals surface area contributed by atoms with Crippen molar-refractivity contribution in [3.05, 3.63) is 11.1 Å². The largest absolute Gasteiger partial charge is 0.465 e. The number of nitrogens with zero attached hydrogens (tertiary/aromatic N) is 2. The number of rotatable bonds is 6. The molecule has 1 heterocycles. The lowest BCUT2D eigenvalue weighted by atomic mass is 10.3. The summed E-state index contributed by atoms with van der Waals surface area (Å²) in [4.78, 5) is 11.8. The Hall–Kier alpha value is -0.820. The van der Waals surface area contributed by atoms with Gasteiger partial charge in [0.1, 0.15) is 5.69 Å². The molecule has 0 N–H and O–H groups in total. The highest BCUT2D eigenvalue weighted by Crippen LogP contribution is 2.60. The molecule has 0 aliphatic carbocycles. The van der Waals surface area contributed by atoms with E-state index in [1.165, 1.54) is 19.6 Å². The zero-order valence-corrected chi connectivity index (χ0v) is 11.4. The molecule has 0 spiro atoms. The maximum Gasteiger partial charge on any atom is 0.350 e. The van der Waals surface area contributed by atoms with Gasteiger partial charge in [0.2, 0.25) is 5.66 Å². The van der Waals surface area contributed by atoms with Gasteiger partial charge in [-0.15, -0.1) is 5.10 Å². The van der Waals surface area contributed by atoms with Gasteiger partial charge in [0.25, 0.3) is 0 Å². The lowest BCUT2D eigenvalue weighted by molar-refractivity contribution is -0.143. The minimum absolute atomic E-state index is 0.167. The fourth-order valence-electron chi connectivity index (χ4n) is 1.21. The standard InChI is InChI=1S/C8H13N2O5PS/c1-4-15-8(11)7(6-5-17-10-9-6)16(12,13-2)14-3/h5,7H,4H2,1-3H3. The molecule has 0 saturated carbocycles. The van der Waals surface area contributed by atoms with Crippen LogP contribution in [0.5, 0.6) is 0 Å². The Kier molecular flexibility index (Phi) is 5.20. The van der Waals surface area contributed by atoms with E-state index >= 15 is 0 Å². The van der Waals surface area contributed by atoms with Crippen LogP contribution in [0.3, 0.4) is 0 Å². The summed E-state index contributed by atoms with van der Waals surface area (Å²) in [5.41, 5.74) is -0.975. The van der Waals surface area contributed by atoms with Gasteiger partial charge in [0.15, 0.2) is 0 Å². The molecule has 0 aliphatic heterocycles. The van der Waals surface area contributed by atoms with E-state index in [-0.39, 0.29) is 12.3 Å². The quantitative estimate of drug-likeness (QED) is 0.578. The number of carbonyl (C=O) groups is 1. The van der Waals surface area contributed by atoms with Crippen molar-refractivity contribution < 1.29 is 23.1 Å². The van der Waals surface area contributed by atoms with Gasteiger partial charge in [-0.1, -0.05) is 4.49 Å². The zero-order chi connectivity index (χ0) is 12.9. The van der Waals surface area contributed by atoms with Crippen LogP contribution in [-0.2, 0) is 23.1 Å². The second-order valence-corrected chi connectivity index (χ2v) is 5.83. The molecule has 0 radical (unpaired) electrons. The Bertz CT molecular complexity index is 402. The summed E-state index contributed by atoms with van der Waals surface area (Å²) in [5, 5.41) is 5.22. The second kappa shape index (κ2) is 6.20. The first kappa shape index (κ1) is 14.2. The molecule has 0 amide bonds. The normalized spacial score (nSPS) is 13.4. The first-order valence-electron chi connectivity index (χ1n) is 4.73. The molecule has 96 valence electrons. The molecule has 17 heavy (non-hydrogen) atoms. The Morgan fingerprint density at radius 3 is 2.59 bits per heavy atom. The Labute approximate surface area is 103 Å². The van der Waals surface area contributed by atoms with Gasteiger partial charge >= 0.3 is 13.6 Å². The molecule has 1 aromatic rings. The fourth-order valence-corrected chi connectivity index (χ4v) is 3.14. The Balaban J connectivity index is 3.11. The van der Waals surface area contributed by atoms with E-state index in [4.69, 9.17) is 13.8 Å². The van der Waals surface area contributed by atoms with Crippen LogP contribution in [0.1, 0.15) is 18.3 Å². The molecular weight excluding hydrogens is 267 g/mol. The van der Waals surface area contributed by atoms with Crippen LogP contribution in [-0.4, -0.2) is 36.4 Å². The molecule has 1 rings (SSSR count). The molecule has 0 fully saturated rings. The SMILES string of the molecule is CCOC(=O)C(c1csnn1)P(=O)(OC)OC. The number of aromatic nitrogens is 2. The van der Waals surface area contributed by atoms with Crippen LogP contribution >= 0.6 is 19.1 Å². The highest BCUT2D eigenvalue weighted by atomic mass is 32.1. The van der Waals surface area contributed by atoms with Gasteiger partial charge in [0, 0.05) is 19.6 Å². The second-order valence-electron chi connectivity index (χ2n) is 2.89. The molecule has 1 aromatic heterocycles. The maximum atomic E-state index is 12.3. The van der Waals surface area contributed by atoms with E-state index < -0.39 is 19.2 Å². The highest BCUT2D eigenvalue weighted by molar-refractivity contribution is 7.55. The first-order valence-corrected chi connectivity index (χ1v) is 7.18. The lowest BCUT2D eigenvalue weighted by Gasteiger charge is -2.20. The molecule has 1 atom stereocenters. The maximum absolute atomic E-state index is 12.3. The van der Waals surface area contributed by atoms with Gasteiger partial charge in [0.05, 0.1) is 6.61 Å². The van der Waals surface area contributed by atoms with E-state index in [1.54, 1.807) is 6.92 Å². The number of carbonyl (C=O) groups excluding carboxylic acids is 1. The van der Waals surface area contributed by atoms with Crippen LogP contribution in [0.15, 0.2) is 5.38 Å². The predicted molar refractivity (Wildman–Crippen MR) is 60.9 cm³/mol. The van der Waals surface area contributed by atoms with E-state index in [0.717, 1.165) is 11.5 Å². The van der Waals surface area contributed by atoms with E-state index in [0.29, 0.717) is 0 Å². The summed E-state index contributed by atoms with van der Waals surface area (Å²) in [7, 11) is -1.23. The average molecular weight is 280 g/mol. The summed E-state index contributed by atoms with van der Waals surface area (Å²) in [6, 6.07) is 0. The minimum atomic E-state index is -3.64. The van der Waals surface area contributed by atoms with Crippen LogP contribution in [0.25, 0.3) is 0 Å². The first-order chi connectivity index (χ1) is 8.09. The summed E-state index contributed by atoms with van der Waals surface area (Å²) >= 11 is 1.04. The van der Waals surface area contributed by atoms with E-state index in [1.807, 2.05) is 0 Å². The smallest absolute Gasteiger partial charge is 0.350 e.